The molecule has 2 nitrogen and oxygen atoms in total. The average molecular weight is 291 g/mol. The first-order chi connectivity index (χ1) is 10.6. The van der Waals surface area contributed by atoms with Crippen molar-refractivity contribution in [2.75, 3.05) is 6.54 Å². The zero-order chi connectivity index (χ0) is 15.5. The van der Waals surface area contributed by atoms with Gasteiger partial charge in [-0.05, 0) is 35.6 Å². The van der Waals surface area contributed by atoms with Crippen molar-refractivity contribution in [1.29, 1.82) is 0 Å². The minimum absolute atomic E-state index is 0.0263. The van der Waals surface area contributed by atoms with Gasteiger partial charge in [-0.25, -0.2) is 0 Å². The van der Waals surface area contributed by atoms with Crippen molar-refractivity contribution in [1.82, 2.24) is 4.90 Å². The van der Waals surface area contributed by atoms with E-state index in [1.54, 1.807) is 6.92 Å². The van der Waals surface area contributed by atoms with Crippen LogP contribution in [0.2, 0.25) is 0 Å². The van der Waals surface area contributed by atoms with Gasteiger partial charge in [0.15, 0.2) is 5.78 Å². The fourth-order valence-electron chi connectivity index (χ4n) is 2.96. The highest BCUT2D eigenvalue weighted by Gasteiger charge is 2.15. The molecule has 22 heavy (non-hydrogen) atoms. The molecule has 1 aliphatic rings. The average Bonchev–Trinajstić information content (AvgIpc) is 2.55. The first kappa shape index (κ1) is 14.7. The number of nitrogens with zero attached hydrogens (tertiary/aromatic N) is 1. The predicted molar refractivity (Wildman–Crippen MR) is 89.8 cm³/mol. The molecule has 0 saturated carbocycles. The molecular weight excluding hydrogens is 270 g/mol. The lowest BCUT2D eigenvalue weighted by molar-refractivity contribution is 0.103. The van der Waals surface area contributed by atoms with Gasteiger partial charge in [0.1, 0.15) is 0 Å². The largest absolute Gasteiger partial charge is 0.294 e. The van der Waals surface area contributed by atoms with Crippen molar-refractivity contribution in [3.05, 3.63) is 82.9 Å². The summed E-state index contributed by atoms with van der Waals surface area (Å²) in [5, 5.41) is 0. The highest BCUT2D eigenvalue weighted by Crippen LogP contribution is 2.20. The third-order valence-corrected chi connectivity index (χ3v) is 4.22. The van der Waals surface area contributed by atoms with Crippen LogP contribution in [0.4, 0.5) is 0 Å². The second-order valence-corrected chi connectivity index (χ2v) is 6.04. The van der Waals surface area contributed by atoms with Crippen LogP contribution in [0.1, 0.15) is 34.0 Å². The minimum atomic E-state index is 0.0263. The molecule has 3 rings (SSSR count). The third-order valence-electron chi connectivity index (χ3n) is 4.22. The maximum absolute atomic E-state index is 11.9. The first-order valence-corrected chi connectivity index (χ1v) is 7.72. The van der Waals surface area contributed by atoms with Gasteiger partial charge >= 0.3 is 0 Å². The first-order valence-electron chi connectivity index (χ1n) is 7.72. The standard InChI is InChI=1S/C20H21NO/c1-15(2)20(22)18-9-7-16(8-10-18)13-21-12-11-17-5-3-4-6-19(17)14-21/h3-10H,1,11-14H2,2H3. The Bertz CT molecular complexity index is 700. The number of hydrogen-bond acceptors (Lipinski definition) is 2. The van der Waals surface area contributed by atoms with E-state index in [0.29, 0.717) is 5.57 Å². The van der Waals surface area contributed by atoms with Crippen LogP contribution >= 0.6 is 0 Å². The molecule has 0 unspecified atom stereocenters. The summed E-state index contributed by atoms with van der Waals surface area (Å²) in [5.74, 6) is 0.0263. The summed E-state index contributed by atoms with van der Waals surface area (Å²) in [6.45, 7) is 8.48. The van der Waals surface area contributed by atoms with Crippen LogP contribution in [0.3, 0.4) is 0 Å². The number of ketones is 1. The van der Waals surface area contributed by atoms with Crippen LogP contribution in [0.5, 0.6) is 0 Å². The highest BCUT2D eigenvalue weighted by atomic mass is 16.1. The van der Waals surface area contributed by atoms with Gasteiger partial charge in [0.05, 0.1) is 0 Å². The maximum Gasteiger partial charge on any atom is 0.188 e. The van der Waals surface area contributed by atoms with Crippen molar-refractivity contribution < 1.29 is 4.79 Å². The van der Waals surface area contributed by atoms with E-state index in [1.807, 2.05) is 12.1 Å². The number of hydrogen-bond donors (Lipinski definition) is 0. The van der Waals surface area contributed by atoms with Crippen molar-refractivity contribution in [3.63, 3.8) is 0 Å². The Morgan fingerprint density at radius 2 is 1.77 bits per heavy atom. The van der Waals surface area contributed by atoms with Gasteiger partial charge in [0.25, 0.3) is 0 Å². The van der Waals surface area contributed by atoms with Crippen LogP contribution in [0.25, 0.3) is 0 Å². The van der Waals surface area contributed by atoms with E-state index >= 15 is 0 Å². The predicted octanol–water partition coefficient (Wildman–Crippen LogP) is 4.00. The quantitative estimate of drug-likeness (QED) is 0.627. The number of carbonyl (C=O) groups is 1. The van der Waals surface area contributed by atoms with Crippen LogP contribution in [-0.4, -0.2) is 17.2 Å². The molecule has 112 valence electrons. The van der Waals surface area contributed by atoms with Crippen LogP contribution < -0.4 is 0 Å². The molecule has 1 heterocycles. The second kappa shape index (κ2) is 6.29. The number of fused-ring (bicyclic) bond motifs is 1. The van der Waals surface area contributed by atoms with E-state index in [2.05, 4.69) is 47.9 Å². The minimum Gasteiger partial charge on any atom is -0.294 e. The van der Waals surface area contributed by atoms with E-state index in [0.717, 1.165) is 31.6 Å². The van der Waals surface area contributed by atoms with E-state index < -0.39 is 0 Å². The van der Waals surface area contributed by atoms with Gasteiger partial charge in [0, 0.05) is 25.2 Å². The van der Waals surface area contributed by atoms with Crippen LogP contribution in [-0.2, 0) is 19.5 Å². The Hall–Kier alpha value is -2.19. The van der Waals surface area contributed by atoms with Gasteiger partial charge in [-0.2, -0.15) is 0 Å². The van der Waals surface area contributed by atoms with Crippen molar-refractivity contribution >= 4 is 5.78 Å². The molecule has 0 N–H and O–H groups in total. The van der Waals surface area contributed by atoms with Gasteiger partial charge in [-0.15, -0.1) is 0 Å². The lowest BCUT2D eigenvalue weighted by atomic mass is 9.99. The summed E-state index contributed by atoms with van der Waals surface area (Å²) in [6.07, 6.45) is 1.11. The van der Waals surface area contributed by atoms with Crippen molar-refractivity contribution in [3.8, 4) is 0 Å². The van der Waals surface area contributed by atoms with E-state index in [9.17, 15) is 4.79 Å². The summed E-state index contributed by atoms with van der Waals surface area (Å²) in [4.78, 5) is 14.3. The molecule has 2 heteroatoms. The smallest absolute Gasteiger partial charge is 0.188 e. The lowest BCUT2D eigenvalue weighted by Gasteiger charge is -2.28. The summed E-state index contributed by atoms with van der Waals surface area (Å²) in [7, 11) is 0. The molecule has 0 bridgehead atoms. The molecule has 0 fully saturated rings. The Morgan fingerprint density at radius 3 is 2.45 bits per heavy atom. The monoisotopic (exact) mass is 291 g/mol. The maximum atomic E-state index is 11.9. The number of allylic oxidation sites excluding steroid dienone is 1. The lowest BCUT2D eigenvalue weighted by Crippen LogP contribution is -2.29. The molecule has 0 amide bonds. The molecule has 0 spiro atoms. The Balaban J connectivity index is 1.67. The fraction of sp³-hybridized carbons (Fsp3) is 0.250. The van der Waals surface area contributed by atoms with Crippen molar-refractivity contribution in [2.24, 2.45) is 0 Å². The van der Waals surface area contributed by atoms with Crippen molar-refractivity contribution in [2.45, 2.75) is 26.4 Å². The summed E-state index contributed by atoms with van der Waals surface area (Å²) in [5.41, 5.74) is 5.46. The summed E-state index contributed by atoms with van der Waals surface area (Å²) in [6, 6.07) is 16.6. The molecule has 0 atom stereocenters. The number of Topliss-reactive ketones (excluding diaryl/α,β-unsaturated/α-hetero) is 1. The molecule has 2 aromatic carbocycles. The third kappa shape index (κ3) is 3.18. The molecule has 1 aliphatic heterocycles. The number of benzene rings is 2. The zero-order valence-electron chi connectivity index (χ0n) is 13.0. The normalized spacial score (nSPS) is 14.4. The topological polar surface area (TPSA) is 20.3 Å². The fourth-order valence-corrected chi connectivity index (χ4v) is 2.96. The van der Waals surface area contributed by atoms with Gasteiger partial charge in [-0.3, -0.25) is 9.69 Å². The molecule has 0 aromatic heterocycles. The van der Waals surface area contributed by atoms with Gasteiger partial charge < -0.3 is 0 Å². The Kier molecular flexibility index (Phi) is 4.21. The van der Waals surface area contributed by atoms with Gasteiger partial charge in [0.2, 0.25) is 0 Å². The Labute approximate surface area is 132 Å². The molecule has 0 aliphatic carbocycles. The summed E-state index contributed by atoms with van der Waals surface area (Å²) < 4.78 is 0. The van der Waals surface area contributed by atoms with Crippen LogP contribution in [0.15, 0.2) is 60.7 Å². The number of rotatable bonds is 4. The molecule has 0 saturated heterocycles. The summed E-state index contributed by atoms with van der Waals surface area (Å²) >= 11 is 0. The van der Waals surface area contributed by atoms with E-state index in [-0.39, 0.29) is 5.78 Å². The van der Waals surface area contributed by atoms with Crippen LogP contribution in [0, 0.1) is 0 Å². The zero-order valence-corrected chi connectivity index (χ0v) is 13.0. The Morgan fingerprint density at radius 1 is 1.09 bits per heavy atom. The highest BCUT2D eigenvalue weighted by molar-refractivity contribution is 6.07. The molecule has 2 aromatic rings. The van der Waals surface area contributed by atoms with E-state index in [4.69, 9.17) is 0 Å². The van der Waals surface area contributed by atoms with E-state index in [1.165, 1.54) is 16.7 Å². The SMILES string of the molecule is C=C(C)C(=O)c1ccc(CN2CCc3ccccc3C2)cc1. The second-order valence-electron chi connectivity index (χ2n) is 6.04. The molecule has 0 radical (unpaired) electrons. The van der Waals surface area contributed by atoms with Gasteiger partial charge in [-0.1, -0.05) is 55.1 Å². The number of carbonyl (C=O) groups excluding carboxylic acids is 1. The molecular formula is C20H21NO.